The number of carbonyl (C=O) groups is 1. The van der Waals surface area contributed by atoms with Gasteiger partial charge in [-0.25, -0.2) is 13.1 Å². The SMILES string of the molecule is CC1CC(CN2CCC(N(C)C(=O)C3CCS(=O)(=O)N3)CC2)C1. The second-order valence-corrected chi connectivity index (χ2v) is 9.57. The fourth-order valence-electron chi connectivity index (χ4n) is 4.28. The zero-order valence-electron chi connectivity index (χ0n) is 14.2. The van der Waals surface area contributed by atoms with Gasteiger partial charge in [-0.1, -0.05) is 6.92 Å². The fraction of sp³-hybridized carbons (Fsp3) is 0.938. The van der Waals surface area contributed by atoms with Gasteiger partial charge in [0, 0.05) is 32.7 Å². The van der Waals surface area contributed by atoms with Crippen molar-refractivity contribution in [3.63, 3.8) is 0 Å². The standard InChI is InChI=1S/C16H29N3O3S/c1-12-9-13(10-12)11-19-6-3-14(4-7-19)18(2)16(20)15-5-8-23(21,22)17-15/h12-15,17H,3-11H2,1-2H3. The van der Waals surface area contributed by atoms with Crippen molar-refractivity contribution < 1.29 is 13.2 Å². The van der Waals surface area contributed by atoms with Crippen LogP contribution in [0.3, 0.4) is 0 Å². The molecule has 1 atom stereocenters. The second kappa shape index (κ2) is 6.69. The zero-order chi connectivity index (χ0) is 16.6. The maximum absolute atomic E-state index is 12.5. The second-order valence-electron chi connectivity index (χ2n) is 7.70. The molecule has 1 amide bonds. The number of hydrogen-bond donors (Lipinski definition) is 1. The van der Waals surface area contributed by atoms with Crippen LogP contribution in [0.4, 0.5) is 0 Å². The minimum Gasteiger partial charge on any atom is -0.341 e. The van der Waals surface area contributed by atoms with Gasteiger partial charge in [-0.3, -0.25) is 4.79 Å². The van der Waals surface area contributed by atoms with E-state index in [0.717, 1.165) is 37.8 Å². The van der Waals surface area contributed by atoms with Crippen molar-refractivity contribution in [1.82, 2.24) is 14.5 Å². The molecule has 1 aliphatic carbocycles. The lowest BCUT2D eigenvalue weighted by Crippen LogP contribution is -2.51. The summed E-state index contributed by atoms with van der Waals surface area (Å²) in [6.45, 7) is 5.62. The molecule has 2 heterocycles. The van der Waals surface area contributed by atoms with Crippen molar-refractivity contribution in [2.75, 3.05) is 32.4 Å². The summed E-state index contributed by atoms with van der Waals surface area (Å²) < 4.78 is 25.4. The normalized spacial score (nSPS) is 35.0. The third-order valence-electron chi connectivity index (χ3n) is 5.74. The smallest absolute Gasteiger partial charge is 0.240 e. The molecule has 7 heteroatoms. The van der Waals surface area contributed by atoms with Gasteiger partial charge >= 0.3 is 0 Å². The van der Waals surface area contributed by atoms with E-state index < -0.39 is 16.1 Å². The molecule has 1 unspecified atom stereocenters. The molecule has 0 aromatic rings. The summed E-state index contributed by atoms with van der Waals surface area (Å²) in [4.78, 5) is 16.8. The Morgan fingerprint density at radius 3 is 2.39 bits per heavy atom. The Labute approximate surface area is 139 Å². The molecule has 3 fully saturated rings. The third-order valence-corrected chi connectivity index (χ3v) is 7.15. The van der Waals surface area contributed by atoms with Gasteiger partial charge < -0.3 is 9.80 Å². The van der Waals surface area contributed by atoms with E-state index in [-0.39, 0.29) is 17.7 Å². The number of carbonyl (C=O) groups excluding carboxylic acids is 1. The third kappa shape index (κ3) is 4.06. The maximum Gasteiger partial charge on any atom is 0.240 e. The minimum atomic E-state index is -3.23. The molecular formula is C16H29N3O3S. The highest BCUT2D eigenvalue weighted by molar-refractivity contribution is 7.89. The molecule has 132 valence electrons. The Morgan fingerprint density at radius 1 is 1.22 bits per heavy atom. The van der Waals surface area contributed by atoms with E-state index in [1.807, 2.05) is 7.05 Å². The highest BCUT2D eigenvalue weighted by atomic mass is 32.2. The predicted octanol–water partition coefficient (Wildman–Crippen LogP) is 0.647. The fourth-order valence-corrected chi connectivity index (χ4v) is 5.60. The minimum absolute atomic E-state index is 0.0650. The first kappa shape index (κ1) is 17.2. The molecule has 3 aliphatic rings. The van der Waals surface area contributed by atoms with Crippen LogP contribution in [0.25, 0.3) is 0 Å². The lowest BCUT2D eigenvalue weighted by atomic mass is 9.76. The number of nitrogens with zero attached hydrogens (tertiary/aromatic N) is 2. The molecule has 1 saturated carbocycles. The summed E-state index contributed by atoms with van der Waals surface area (Å²) in [5.74, 6) is 1.76. The Kier molecular flexibility index (Phi) is 4.99. The first-order chi connectivity index (χ1) is 10.8. The molecule has 2 saturated heterocycles. The molecule has 0 spiro atoms. The number of nitrogens with one attached hydrogen (secondary N) is 1. The zero-order valence-corrected chi connectivity index (χ0v) is 15.0. The van der Waals surface area contributed by atoms with E-state index in [1.165, 1.54) is 19.4 Å². The first-order valence-corrected chi connectivity index (χ1v) is 10.5. The molecule has 23 heavy (non-hydrogen) atoms. The number of amides is 1. The largest absolute Gasteiger partial charge is 0.341 e. The lowest BCUT2D eigenvalue weighted by Gasteiger charge is -2.41. The molecule has 0 bridgehead atoms. The Bertz CT molecular complexity index is 537. The molecule has 0 aromatic carbocycles. The summed E-state index contributed by atoms with van der Waals surface area (Å²) in [6.07, 6.45) is 5.10. The number of likely N-dealkylation sites (N-methyl/N-ethyl adjacent to an activating group) is 1. The lowest BCUT2D eigenvalue weighted by molar-refractivity contribution is -0.134. The van der Waals surface area contributed by atoms with Crippen molar-refractivity contribution in [2.45, 2.75) is 51.1 Å². The van der Waals surface area contributed by atoms with Gasteiger partial charge in [0.1, 0.15) is 6.04 Å². The highest BCUT2D eigenvalue weighted by Gasteiger charge is 2.36. The van der Waals surface area contributed by atoms with E-state index in [9.17, 15) is 13.2 Å². The van der Waals surface area contributed by atoms with Gasteiger partial charge in [-0.05, 0) is 43.9 Å². The van der Waals surface area contributed by atoms with E-state index in [1.54, 1.807) is 4.90 Å². The number of likely N-dealkylation sites (tertiary alicyclic amines) is 1. The highest BCUT2D eigenvalue weighted by Crippen LogP contribution is 2.34. The van der Waals surface area contributed by atoms with Crippen LogP contribution in [0.5, 0.6) is 0 Å². The van der Waals surface area contributed by atoms with Gasteiger partial charge in [-0.15, -0.1) is 0 Å². The monoisotopic (exact) mass is 343 g/mol. The number of rotatable bonds is 4. The van der Waals surface area contributed by atoms with Crippen molar-refractivity contribution in [3.05, 3.63) is 0 Å². The van der Waals surface area contributed by atoms with Crippen molar-refractivity contribution in [1.29, 1.82) is 0 Å². The molecule has 1 N–H and O–H groups in total. The van der Waals surface area contributed by atoms with Crippen LogP contribution in [-0.4, -0.2) is 68.6 Å². The van der Waals surface area contributed by atoms with Crippen molar-refractivity contribution in [2.24, 2.45) is 11.8 Å². The van der Waals surface area contributed by atoms with Crippen LogP contribution in [0, 0.1) is 11.8 Å². The summed E-state index contributed by atoms with van der Waals surface area (Å²) in [6, 6.07) is -0.316. The van der Waals surface area contributed by atoms with Gasteiger partial charge in [0.15, 0.2) is 0 Å². The topological polar surface area (TPSA) is 69.7 Å². The predicted molar refractivity (Wildman–Crippen MR) is 89.4 cm³/mol. The summed E-state index contributed by atoms with van der Waals surface area (Å²) in [7, 11) is -1.41. The van der Waals surface area contributed by atoms with Crippen molar-refractivity contribution in [3.8, 4) is 0 Å². The van der Waals surface area contributed by atoms with Crippen LogP contribution in [0.2, 0.25) is 0 Å². The number of sulfonamides is 1. The molecule has 3 rings (SSSR count). The average Bonchev–Trinajstić information content (AvgIpc) is 2.85. The first-order valence-electron chi connectivity index (χ1n) is 8.83. The number of hydrogen-bond acceptors (Lipinski definition) is 4. The van der Waals surface area contributed by atoms with Crippen LogP contribution in [-0.2, 0) is 14.8 Å². The van der Waals surface area contributed by atoms with Crippen molar-refractivity contribution >= 4 is 15.9 Å². The molecule has 6 nitrogen and oxygen atoms in total. The quantitative estimate of drug-likeness (QED) is 0.814. The summed E-state index contributed by atoms with van der Waals surface area (Å²) >= 11 is 0. The number of piperidine rings is 1. The van der Waals surface area contributed by atoms with E-state index in [2.05, 4.69) is 16.5 Å². The molecular weight excluding hydrogens is 314 g/mol. The Balaban J connectivity index is 1.44. The molecule has 0 aromatic heterocycles. The molecule has 2 aliphatic heterocycles. The van der Waals surface area contributed by atoms with Crippen LogP contribution in [0.15, 0.2) is 0 Å². The van der Waals surface area contributed by atoms with E-state index >= 15 is 0 Å². The molecule has 0 radical (unpaired) electrons. The van der Waals surface area contributed by atoms with Gasteiger partial charge in [0.2, 0.25) is 15.9 Å². The van der Waals surface area contributed by atoms with Gasteiger partial charge in [-0.2, -0.15) is 0 Å². The Hall–Kier alpha value is -0.660. The van der Waals surface area contributed by atoms with Gasteiger partial charge in [0.05, 0.1) is 5.75 Å². The maximum atomic E-state index is 12.5. The van der Waals surface area contributed by atoms with Crippen LogP contribution < -0.4 is 4.72 Å². The van der Waals surface area contributed by atoms with Crippen LogP contribution in [0.1, 0.15) is 39.0 Å². The summed E-state index contributed by atoms with van der Waals surface area (Å²) in [5, 5.41) is 0. The summed E-state index contributed by atoms with van der Waals surface area (Å²) in [5.41, 5.74) is 0. The van der Waals surface area contributed by atoms with Crippen LogP contribution >= 0.6 is 0 Å². The average molecular weight is 343 g/mol. The van der Waals surface area contributed by atoms with E-state index in [4.69, 9.17) is 0 Å². The Morgan fingerprint density at radius 2 is 1.87 bits per heavy atom. The van der Waals surface area contributed by atoms with E-state index in [0.29, 0.717) is 6.42 Å². The van der Waals surface area contributed by atoms with Gasteiger partial charge in [0.25, 0.3) is 0 Å².